The Labute approximate surface area is 166 Å². The minimum atomic E-state index is -0.606. The minimum absolute atomic E-state index is 0.0817. The van der Waals surface area contributed by atoms with Gasteiger partial charge in [-0.3, -0.25) is 9.59 Å². The number of aliphatic hydroxyl groups excluding tert-OH is 1. The molecule has 1 aromatic rings. The molecule has 0 aliphatic heterocycles. The van der Waals surface area contributed by atoms with Crippen LogP contribution in [0.2, 0.25) is 0 Å². The first kappa shape index (κ1) is 19.4. The maximum absolute atomic E-state index is 11.7. The number of aryl methyl sites for hydroxylation is 1. The Bertz CT molecular complexity index is 817. The number of hydrogen-bond donors (Lipinski definition) is 1. The summed E-state index contributed by atoms with van der Waals surface area (Å²) in [6.07, 6.45) is 3.54. The van der Waals surface area contributed by atoms with Crippen LogP contribution in [0, 0.1) is 16.7 Å². The van der Waals surface area contributed by atoms with Crippen molar-refractivity contribution in [3.05, 3.63) is 29.3 Å². The molecule has 0 radical (unpaired) electrons. The summed E-state index contributed by atoms with van der Waals surface area (Å²) in [5.41, 5.74) is 2.32. The van der Waals surface area contributed by atoms with Gasteiger partial charge in [-0.05, 0) is 72.6 Å². The van der Waals surface area contributed by atoms with Crippen molar-refractivity contribution in [1.82, 2.24) is 0 Å². The van der Waals surface area contributed by atoms with E-state index in [1.165, 1.54) is 25.0 Å². The molecule has 0 amide bonds. The Morgan fingerprint density at radius 2 is 1.86 bits per heavy atom. The summed E-state index contributed by atoms with van der Waals surface area (Å²) < 4.78 is 10.9. The number of fused-ring (bicyclic) bond motifs is 5. The second kappa shape index (κ2) is 6.58. The van der Waals surface area contributed by atoms with Gasteiger partial charge >= 0.3 is 11.9 Å². The van der Waals surface area contributed by atoms with Crippen molar-refractivity contribution < 1.29 is 24.2 Å². The van der Waals surface area contributed by atoms with E-state index in [-0.39, 0.29) is 22.8 Å². The van der Waals surface area contributed by atoms with Gasteiger partial charge in [0.25, 0.3) is 0 Å². The molecule has 5 nitrogen and oxygen atoms in total. The quantitative estimate of drug-likeness (QED) is 0.619. The van der Waals surface area contributed by atoms with Gasteiger partial charge in [0.2, 0.25) is 0 Å². The van der Waals surface area contributed by atoms with E-state index in [1.54, 1.807) is 0 Å². The number of benzene rings is 1. The van der Waals surface area contributed by atoms with Gasteiger partial charge in [-0.25, -0.2) is 0 Å². The fraction of sp³-hybridized carbons (Fsp3) is 0.652. The molecular weight excluding hydrogens is 356 g/mol. The highest BCUT2D eigenvalue weighted by molar-refractivity contribution is 5.69. The van der Waals surface area contributed by atoms with Crippen molar-refractivity contribution in [3.8, 4) is 5.75 Å². The normalized spacial score (nSPS) is 38.8. The molecule has 5 heteroatoms. The highest BCUT2D eigenvalue weighted by Crippen LogP contribution is 2.68. The Balaban J connectivity index is 1.67. The highest BCUT2D eigenvalue weighted by atomic mass is 16.6. The zero-order chi connectivity index (χ0) is 20.3. The van der Waals surface area contributed by atoms with Crippen LogP contribution in [0.15, 0.2) is 18.2 Å². The van der Waals surface area contributed by atoms with Crippen molar-refractivity contribution in [1.29, 1.82) is 0 Å². The fourth-order valence-electron chi connectivity index (χ4n) is 6.61. The van der Waals surface area contributed by atoms with Gasteiger partial charge in [-0.15, -0.1) is 0 Å². The van der Waals surface area contributed by atoms with Crippen LogP contribution in [0.3, 0.4) is 0 Å². The summed E-state index contributed by atoms with van der Waals surface area (Å²) in [7, 11) is 0. The number of ether oxygens (including phenoxy) is 2. The maximum atomic E-state index is 11.7. The number of carbonyl (C=O) groups is 2. The van der Waals surface area contributed by atoms with Gasteiger partial charge in [-0.2, -0.15) is 0 Å². The van der Waals surface area contributed by atoms with E-state index < -0.39 is 12.2 Å². The molecule has 1 aromatic carbocycles. The van der Waals surface area contributed by atoms with Crippen molar-refractivity contribution in [2.75, 3.05) is 0 Å². The van der Waals surface area contributed by atoms with Crippen molar-refractivity contribution >= 4 is 11.9 Å². The SMILES string of the molecule is CC(=O)Oc1ccc2c(c1)CCC1C2CCC2(C)C(OC(C)=O)[C@H](O)CC12C. The molecule has 4 rings (SSSR count). The lowest BCUT2D eigenvalue weighted by Crippen LogP contribution is -2.52. The second-order valence-electron chi connectivity index (χ2n) is 9.38. The largest absolute Gasteiger partial charge is 0.459 e. The van der Waals surface area contributed by atoms with Gasteiger partial charge in [0.1, 0.15) is 11.9 Å². The molecule has 5 unspecified atom stereocenters. The standard InChI is InChI=1S/C23H30O5/c1-13(24)27-16-6-7-17-15(11-16)5-8-19-18(17)9-10-22(3)21(28-14(2)25)20(26)12-23(19,22)4/h6-7,11,18-21,26H,5,8-10,12H2,1-4H3/t18?,19?,20-,21?,22?,23?/m1/s1. The second-order valence-corrected chi connectivity index (χ2v) is 9.38. The first-order chi connectivity index (χ1) is 13.2. The molecule has 2 saturated carbocycles. The van der Waals surface area contributed by atoms with E-state index >= 15 is 0 Å². The molecule has 6 atom stereocenters. The monoisotopic (exact) mass is 386 g/mol. The molecule has 0 saturated heterocycles. The first-order valence-corrected chi connectivity index (χ1v) is 10.3. The molecular formula is C23H30O5. The van der Waals surface area contributed by atoms with E-state index in [9.17, 15) is 14.7 Å². The molecule has 3 aliphatic rings. The summed E-state index contributed by atoms with van der Waals surface area (Å²) >= 11 is 0. The van der Waals surface area contributed by atoms with Crippen LogP contribution < -0.4 is 4.74 Å². The number of esters is 2. The lowest BCUT2D eigenvalue weighted by Gasteiger charge is -2.56. The first-order valence-electron chi connectivity index (χ1n) is 10.3. The van der Waals surface area contributed by atoms with E-state index in [4.69, 9.17) is 9.47 Å². The molecule has 3 aliphatic carbocycles. The molecule has 0 spiro atoms. The van der Waals surface area contributed by atoms with Crippen LogP contribution in [-0.2, 0) is 20.7 Å². The van der Waals surface area contributed by atoms with Gasteiger partial charge in [-0.1, -0.05) is 19.9 Å². The minimum Gasteiger partial charge on any atom is -0.459 e. The van der Waals surface area contributed by atoms with Crippen LogP contribution in [-0.4, -0.2) is 29.3 Å². The fourth-order valence-corrected chi connectivity index (χ4v) is 6.61. The molecule has 0 heterocycles. The third-order valence-corrected chi connectivity index (χ3v) is 7.99. The predicted molar refractivity (Wildman–Crippen MR) is 104 cm³/mol. The third kappa shape index (κ3) is 2.78. The highest BCUT2D eigenvalue weighted by Gasteiger charge is 2.66. The predicted octanol–water partition coefficient (Wildman–Crippen LogP) is 3.76. The van der Waals surface area contributed by atoms with Crippen LogP contribution in [0.4, 0.5) is 0 Å². The lowest BCUT2D eigenvalue weighted by molar-refractivity contribution is -0.165. The van der Waals surface area contributed by atoms with Crippen LogP contribution in [0.5, 0.6) is 5.75 Å². The molecule has 0 aromatic heterocycles. The maximum Gasteiger partial charge on any atom is 0.308 e. The van der Waals surface area contributed by atoms with Gasteiger partial charge < -0.3 is 14.6 Å². The van der Waals surface area contributed by atoms with E-state index in [0.29, 0.717) is 24.0 Å². The van der Waals surface area contributed by atoms with Crippen LogP contribution in [0.1, 0.15) is 70.4 Å². The van der Waals surface area contributed by atoms with Gasteiger partial charge in [0.05, 0.1) is 6.10 Å². The average molecular weight is 386 g/mol. The van der Waals surface area contributed by atoms with E-state index in [2.05, 4.69) is 19.9 Å². The average Bonchev–Trinajstić information content (AvgIpc) is 2.80. The van der Waals surface area contributed by atoms with Crippen molar-refractivity contribution in [3.63, 3.8) is 0 Å². The van der Waals surface area contributed by atoms with Crippen LogP contribution in [0.25, 0.3) is 0 Å². The Hall–Kier alpha value is -1.88. The third-order valence-electron chi connectivity index (χ3n) is 7.99. The number of hydrogen-bond acceptors (Lipinski definition) is 5. The Morgan fingerprint density at radius 3 is 2.54 bits per heavy atom. The topological polar surface area (TPSA) is 72.8 Å². The Morgan fingerprint density at radius 1 is 1.11 bits per heavy atom. The van der Waals surface area contributed by atoms with Crippen molar-refractivity contribution in [2.24, 2.45) is 16.7 Å². The summed E-state index contributed by atoms with van der Waals surface area (Å²) in [6.45, 7) is 7.33. The van der Waals surface area contributed by atoms with E-state index in [0.717, 1.165) is 25.7 Å². The molecule has 152 valence electrons. The smallest absolute Gasteiger partial charge is 0.308 e. The van der Waals surface area contributed by atoms with Gasteiger partial charge in [0.15, 0.2) is 0 Å². The summed E-state index contributed by atoms with van der Waals surface area (Å²) in [4.78, 5) is 22.9. The molecule has 1 N–H and O–H groups in total. The zero-order valence-electron chi connectivity index (χ0n) is 17.2. The zero-order valence-corrected chi connectivity index (χ0v) is 17.2. The van der Waals surface area contributed by atoms with E-state index in [1.807, 2.05) is 12.1 Å². The molecule has 2 fully saturated rings. The van der Waals surface area contributed by atoms with Crippen molar-refractivity contribution in [2.45, 2.75) is 77.9 Å². The Kier molecular flexibility index (Phi) is 4.57. The van der Waals surface area contributed by atoms with Gasteiger partial charge in [0, 0.05) is 19.3 Å². The summed E-state index contributed by atoms with van der Waals surface area (Å²) in [5, 5.41) is 10.8. The number of carbonyl (C=O) groups excluding carboxylic acids is 2. The summed E-state index contributed by atoms with van der Waals surface area (Å²) in [5.74, 6) is 0.863. The number of aliphatic hydroxyl groups is 1. The lowest BCUT2D eigenvalue weighted by atomic mass is 9.48. The molecule has 28 heavy (non-hydrogen) atoms. The number of rotatable bonds is 2. The molecule has 0 bridgehead atoms. The van der Waals surface area contributed by atoms with Crippen LogP contribution >= 0.6 is 0 Å². The summed E-state index contributed by atoms with van der Waals surface area (Å²) in [6, 6.07) is 6.02.